The summed E-state index contributed by atoms with van der Waals surface area (Å²) in [5.41, 5.74) is 1.61. The highest BCUT2D eigenvalue weighted by atomic mass is 32.1. The van der Waals surface area contributed by atoms with E-state index >= 15 is 0 Å². The lowest BCUT2D eigenvalue weighted by atomic mass is 10.1. The maximum atomic E-state index is 11.2. The van der Waals surface area contributed by atoms with Gasteiger partial charge in [-0.15, -0.1) is 11.3 Å². The molecule has 0 saturated carbocycles. The highest BCUT2D eigenvalue weighted by Gasteiger charge is 2.08. The summed E-state index contributed by atoms with van der Waals surface area (Å²) in [6.45, 7) is 1.54. The van der Waals surface area contributed by atoms with Crippen molar-refractivity contribution in [1.29, 1.82) is 0 Å². The van der Waals surface area contributed by atoms with E-state index in [2.05, 4.69) is 29.2 Å². The Hall–Kier alpha value is -2.00. The Morgan fingerprint density at radius 3 is 2.61 bits per heavy atom. The number of fused-ring (bicyclic) bond motifs is 1. The van der Waals surface area contributed by atoms with Gasteiger partial charge in [0.25, 0.3) is 0 Å². The minimum Gasteiger partial charge on any atom is -0.293 e. The smallest absolute Gasteiger partial charge is 0.178 e. The number of rotatable bonds is 2. The average molecular weight is 253 g/mol. The van der Waals surface area contributed by atoms with Crippen molar-refractivity contribution in [3.63, 3.8) is 0 Å². The van der Waals surface area contributed by atoms with Crippen molar-refractivity contribution >= 4 is 27.9 Å². The summed E-state index contributed by atoms with van der Waals surface area (Å²) in [4.78, 5) is 15.6. The molecule has 0 radical (unpaired) electrons. The van der Waals surface area contributed by atoms with Crippen molar-refractivity contribution in [2.24, 2.45) is 0 Å². The summed E-state index contributed by atoms with van der Waals surface area (Å²) >= 11 is 1.51. The number of Topliss-reactive ketones (excluding diaryl/α,β-unsaturated/α-hetero) is 1. The SMILES string of the molecule is CC(=O)c1csc(-c2ccc3ccccc3c2)n1. The molecule has 0 N–H and O–H groups in total. The van der Waals surface area contributed by atoms with Crippen molar-refractivity contribution in [3.8, 4) is 10.6 Å². The molecule has 2 aromatic carbocycles. The fourth-order valence-electron chi connectivity index (χ4n) is 1.89. The molecular weight excluding hydrogens is 242 g/mol. The van der Waals surface area contributed by atoms with Crippen LogP contribution in [-0.4, -0.2) is 10.8 Å². The fraction of sp³-hybridized carbons (Fsp3) is 0.0667. The van der Waals surface area contributed by atoms with Crippen LogP contribution in [0.4, 0.5) is 0 Å². The van der Waals surface area contributed by atoms with Gasteiger partial charge >= 0.3 is 0 Å². The molecule has 88 valence electrons. The maximum Gasteiger partial charge on any atom is 0.178 e. The lowest BCUT2D eigenvalue weighted by Gasteiger charge is -2.00. The van der Waals surface area contributed by atoms with Crippen LogP contribution in [0.5, 0.6) is 0 Å². The molecule has 0 saturated heterocycles. The number of thiazole rings is 1. The van der Waals surface area contributed by atoms with Crippen molar-refractivity contribution < 1.29 is 4.79 Å². The molecule has 0 spiro atoms. The first-order valence-electron chi connectivity index (χ1n) is 5.70. The van der Waals surface area contributed by atoms with Crippen LogP contribution in [0, 0.1) is 0 Å². The van der Waals surface area contributed by atoms with E-state index in [-0.39, 0.29) is 5.78 Å². The van der Waals surface area contributed by atoms with E-state index in [0.717, 1.165) is 10.6 Å². The van der Waals surface area contributed by atoms with Gasteiger partial charge in [-0.3, -0.25) is 4.79 Å². The Kier molecular flexibility index (Phi) is 2.68. The Balaban J connectivity index is 2.10. The van der Waals surface area contributed by atoms with Crippen LogP contribution in [0.2, 0.25) is 0 Å². The molecule has 3 heteroatoms. The van der Waals surface area contributed by atoms with Crippen LogP contribution in [0.1, 0.15) is 17.4 Å². The predicted molar refractivity (Wildman–Crippen MR) is 75.1 cm³/mol. The minimum absolute atomic E-state index is 0.0123. The average Bonchev–Trinajstić information content (AvgIpc) is 2.88. The van der Waals surface area contributed by atoms with Gasteiger partial charge in [-0.1, -0.05) is 36.4 Å². The molecule has 0 unspecified atom stereocenters. The van der Waals surface area contributed by atoms with Crippen LogP contribution in [0.15, 0.2) is 47.8 Å². The lowest BCUT2D eigenvalue weighted by Crippen LogP contribution is -1.91. The first kappa shape index (κ1) is 11.1. The molecule has 2 nitrogen and oxygen atoms in total. The molecule has 0 amide bonds. The lowest BCUT2D eigenvalue weighted by molar-refractivity contribution is 0.101. The Bertz CT molecular complexity index is 730. The second kappa shape index (κ2) is 4.35. The maximum absolute atomic E-state index is 11.2. The van der Waals surface area contributed by atoms with Gasteiger partial charge in [0.1, 0.15) is 10.7 Å². The largest absolute Gasteiger partial charge is 0.293 e. The van der Waals surface area contributed by atoms with Gasteiger partial charge in [-0.2, -0.15) is 0 Å². The van der Waals surface area contributed by atoms with Crippen molar-refractivity contribution in [2.45, 2.75) is 6.92 Å². The van der Waals surface area contributed by atoms with Gasteiger partial charge < -0.3 is 0 Å². The highest BCUT2D eigenvalue weighted by molar-refractivity contribution is 7.13. The summed E-state index contributed by atoms with van der Waals surface area (Å²) in [6, 6.07) is 14.5. The minimum atomic E-state index is 0.0123. The number of aromatic nitrogens is 1. The number of benzene rings is 2. The zero-order chi connectivity index (χ0) is 12.5. The molecule has 18 heavy (non-hydrogen) atoms. The first-order valence-corrected chi connectivity index (χ1v) is 6.57. The zero-order valence-electron chi connectivity index (χ0n) is 9.88. The number of hydrogen-bond donors (Lipinski definition) is 0. The van der Waals surface area contributed by atoms with E-state index in [4.69, 9.17) is 0 Å². The number of carbonyl (C=O) groups is 1. The summed E-state index contributed by atoms with van der Waals surface area (Å²) in [7, 11) is 0. The van der Waals surface area contributed by atoms with E-state index in [1.165, 1.54) is 22.1 Å². The van der Waals surface area contributed by atoms with Crippen LogP contribution < -0.4 is 0 Å². The van der Waals surface area contributed by atoms with Crippen molar-refractivity contribution in [1.82, 2.24) is 4.98 Å². The van der Waals surface area contributed by atoms with E-state index in [9.17, 15) is 4.79 Å². The highest BCUT2D eigenvalue weighted by Crippen LogP contribution is 2.27. The molecule has 0 atom stereocenters. The summed E-state index contributed by atoms with van der Waals surface area (Å²) in [5.74, 6) is 0.0123. The molecule has 0 bridgehead atoms. The van der Waals surface area contributed by atoms with Gasteiger partial charge in [0, 0.05) is 17.9 Å². The summed E-state index contributed by atoms with van der Waals surface area (Å²) < 4.78 is 0. The second-order valence-electron chi connectivity index (χ2n) is 4.16. The van der Waals surface area contributed by atoms with Gasteiger partial charge in [0.2, 0.25) is 0 Å². The second-order valence-corrected chi connectivity index (χ2v) is 5.01. The van der Waals surface area contributed by atoms with Crippen LogP contribution >= 0.6 is 11.3 Å². The summed E-state index contributed by atoms with van der Waals surface area (Å²) in [5, 5.41) is 5.11. The Labute approximate surface area is 109 Å². The van der Waals surface area contributed by atoms with E-state index in [1.807, 2.05) is 23.6 Å². The molecule has 1 aromatic heterocycles. The van der Waals surface area contributed by atoms with E-state index in [0.29, 0.717) is 5.69 Å². The van der Waals surface area contributed by atoms with E-state index in [1.54, 1.807) is 6.92 Å². The topological polar surface area (TPSA) is 30.0 Å². The third-order valence-electron chi connectivity index (χ3n) is 2.86. The number of nitrogens with zero attached hydrogens (tertiary/aromatic N) is 1. The van der Waals surface area contributed by atoms with Gasteiger partial charge in [0.05, 0.1) is 0 Å². The first-order chi connectivity index (χ1) is 8.74. The normalized spacial score (nSPS) is 10.7. The molecule has 3 aromatic rings. The molecule has 0 aliphatic carbocycles. The van der Waals surface area contributed by atoms with E-state index < -0.39 is 0 Å². The Morgan fingerprint density at radius 1 is 1.11 bits per heavy atom. The number of ketones is 1. The molecule has 0 aliphatic heterocycles. The third kappa shape index (κ3) is 1.93. The molecule has 1 heterocycles. The van der Waals surface area contributed by atoms with Gasteiger partial charge in [-0.25, -0.2) is 4.98 Å². The third-order valence-corrected chi connectivity index (χ3v) is 3.75. The van der Waals surface area contributed by atoms with Gasteiger partial charge in [0.15, 0.2) is 5.78 Å². The quantitative estimate of drug-likeness (QED) is 0.642. The predicted octanol–water partition coefficient (Wildman–Crippen LogP) is 4.17. The monoisotopic (exact) mass is 253 g/mol. The zero-order valence-corrected chi connectivity index (χ0v) is 10.7. The molecule has 3 rings (SSSR count). The Morgan fingerprint density at radius 2 is 1.89 bits per heavy atom. The van der Waals surface area contributed by atoms with Crippen molar-refractivity contribution in [3.05, 3.63) is 53.5 Å². The standard InChI is InChI=1S/C15H11NOS/c1-10(17)14-9-18-15(16-14)13-7-6-11-4-2-3-5-12(11)8-13/h2-9H,1H3. The number of hydrogen-bond acceptors (Lipinski definition) is 3. The molecule has 0 aliphatic rings. The van der Waals surface area contributed by atoms with Crippen LogP contribution in [0.25, 0.3) is 21.3 Å². The molecular formula is C15H11NOS. The van der Waals surface area contributed by atoms with Crippen molar-refractivity contribution in [2.75, 3.05) is 0 Å². The van der Waals surface area contributed by atoms with Crippen LogP contribution in [0.3, 0.4) is 0 Å². The van der Waals surface area contributed by atoms with Gasteiger partial charge in [-0.05, 0) is 16.8 Å². The number of carbonyl (C=O) groups excluding carboxylic acids is 1. The summed E-state index contributed by atoms with van der Waals surface area (Å²) in [6.07, 6.45) is 0. The fourth-order valence-corrected chi connectivity index (χ4v) is 2.75. The molecule has 0 fully saturated rings. The van der Waals surface area contributed by atoms with Crippen LogP contribution in [-0.2, 0) is 0 Å².